The molecule has 1 heterocycles. The van der Waals surface area contributed by atoms with Crippen molar-refractivity contribution in [3.63, 3.8) is 0 Å². The van der Waals surface area contributed by atoms with E-state index in [9.17, 15) is 13.2 Å². The fraction of sp³-hybridized carbons (Fsp3) is 0.250. The third kappa shape index (κ3) is 4.90. The Morgan fingerprint density at radius 1 is 1.00 bits per heavy atom. The van der Waals surface area contributed by atoms with E-state index in [2.05, 4.69) is 0 Å². The lowest BCUT2D eigenvalue weighted by Crippen LogP contribution is -2.08. The molecule has 0 aliphatic heterocycles. The molecule has 148 valence electrons. The van der Waals surface area contributed by atoms with Crippen molar-refractivity contribution in [3.05, 3.63) is 59.0 Å². The highest BCUT2D eigenvalue weighted by molar-refractivity contribution is 7.85. The van der Waals surface area contributed by atoms with Gasteiger partial charge in [0.05, 0.1) is 26.6 Å². The lowest BCUT2D eigenvalue weighted by Gasteiger charge is -2.13. The van der Waals surface area contributed by atoms with Crippen LogP contribution in [0.1, 0.15) is 6.42 Å². The van der Waals surface area contributed by atoms with Gasteiger partial charge in [0, 0.05) is 23.9 Å². The summed E-state index contributed by atoms with van der Waals surface area (Å²) in [7, 11) is -1.99. The van der Waals surface area contributed by atoms with Crippen LogP contribution < -0.4 is 15.1 Å². The average Bonchev–Trinajstić information content (AvgIpc) is 2.66. The normalized spacial score (nSPS) is 11.5. The maximum absolute atomic E-state index is 12.0. The number of rotatable bonds is 8. The SMILES string of the molecule is COc1cc2oc(=O)cc(-c3ccccc3)c2cc1OCCCOS(C)(=O)=O. The summed E-state index contributed by atoms with van der Waals surface area (Å²) in [6, 6.07) is 14.3. The third-order valence-electron chi connectivity index (χ3n) is 3.96. The van der Waals surface area contributed by atoms with Crippen molar-refractivity contribution in [1.29, 1.82) is 0 Å². The van der Waals surface area contributed by atoms with E-state index < -0.39 is 15.7 Å². The first-order chi connectivity index (χ1) is 13.4. The molecule has 3 aromatic rings. The number of hydrogen-bond acceptors (Lipinski definition) is 7. The molecule has 0 aliphatic carbocycles. The van der Waals surface area contributed by atoms with Crippen molar-refractivity contribution >= 4 is 21.1 Å². The molecular formula is C20H20O7S. The van der Waals surface area contributed by atoms with Gasteiger partial charge in [-0.1, -0.05) is 30.3 Å². The maximum atomic E-state index is 12.0. The first kappa shape index (κ1) is 19.9. The molecule has 0 saturated carbocycles. The summed E-state index contributed by atoms with van der Waals surface area (Å²) in [6.45, 7) is 0.258. The Morgan fingerprint density at radius 2 is 1.75 bits per heavy atom. The summed E-state index contributed by atoms with van der Waals surface area (Å²) < 4.78 is 43.1. The molecule has 3 rings (SSSR count). The zero-order chi connectivity index (χ0) is 20.1. The van der Waals surface area contributed by atoms with Crippen LogP contribution in [-0.2, 0) is 14.3 Å². The van der Waals surface area contributed by atoms with Crippen molar-refractivity contribution in [3.8, 4) is 22.6 Å². The van der Waals surface area contributed by atoms with Crippen molar-refractivity contribution in [2.24, 2.45) is 0 Å². The largest absolute Gasteiger partial charge is 0.493 e. The fourth-order valence-corrected chi connectivity index (χ4v) is 3.17. The molecule has 7 nitrogen and oxygen atoms in total. The van der Waals surface area contributed by atoms with Gasteiger partial charge in [0.25, 0.3) is 10.1 Å². The van der Waals surface area contributed by atoms with Gasteiger partial charge in [-0.25, -0.2) is 4.79 Å². The third-order valence-corrected chi connectivity index (χ3v) is 4.55. The highest BCUT2D eigenvalue weighted by atomic mass is 32.2. The van der Waals surface area contributed by atoms with E-state index in [-0.39, 0.29) is 13.2 Å². The molecule has 0 atom stereocenters. The van der Waals surface area contributed by atoms with Crippen molar-refractivity contribution < 1.29 is 26.5 Å². The molecular weight excluding hydrogens is 384 g/mol. The number of ether oxygens (including phenoxy) is 2. The van der Waals surface area contributed by atoms with E-state index in [1.165, 1.54) is 13.2 Å². The second kappa shape index (κ2) is 8.45. The van der Waals surface area contributed by atoms with Gasteiger partial charge in [0.15, 0.2) is 11.5 Å². The minimum absolute atomic E-state index is 0.0267. The van der Waals surface area contributed by atoms with E-state index >= 15 is 0 Å². The zero-order valence-electron chi connectivity index (χ0n) is 15.5. The molecule has 0 aliphatic rings. The first-order valence-corrected chi connectivity index (χ1v) is 10.4. The number of fused-ring (bicyclic) bond motifs is 1. The number of methoxy groups -OCH3 is 1. The van der Waals surface area contributed by atoms with E-state index in [1.807, 2.05) is 30.3 Å². The first-order valence-electron chi connectivity index (χ1n) is 8.56. The molecule has 0 radical (unpaired) electrons. The highest BCUT2D eigenvalue weighted by Gasteiger charge is 2.14. The number of benzene rings is 2. The Bertz CT molecular complexity index is 1120. The van der Waals surface area contributed by atoms with Crippen molar-refractivity contribution in [2.45, 2.75) is 6.42 Å². The van der Waals surface area contributed by atoms with Gasteiger partial charge >= 0.3 is 5.63 Å². The van der Waals surface area contributed by atoms with Crippen LogP contribution in [0.3, 0.4) is 0 Å². The van der Waals surface area contributed by atoms with E-state index in [1.54, 1.807) is 12.1 Å². The molecule has 0 N–H and O–H groups in total. The van der Waals surface area contributed by atoms with Gasteiger partial charge in [-0.2, -0.15) is 8.42 Å². The summed E-state index contributed by atoms with van der Waals surface area (Å²) in [6.07, 6.45) is 1.38. The lowest BCUT2D eigenvalue weighted by molar-refractivity contribution is 0.244. The molecule has 0 amide bonds. The van der Waals surface area contributed by atoms with E-state index in [0.29, 0.717) is 28.9 Å². The Hall–Kier alpha value is -2.84. The highest BCUT2D eigenvalue weighted by Crippen LogP contribution is 2.36. The standard InChI is InChI=1S/C20H20O7S/c1-24-18-13-17-16(11-19(18)25-9-6-10-26-28(2,22)23)15(12-20(21)27-17)14-7-4-3-5-8-14/h3-5,7-8,11-13H,6,9-10H2,1-2H3. The van der Waals surface area contributed by atoms with Crippen molar-refractivity contribution in [1.82, 2.24) is 0 Å². The van der Waals surface area contributed by atoms with Crippen molar-refractivity contribution in [2.75, 3.05) is 26.6 Å². The van der Waals surface area contributed by atoms with Crippen LogP contribution in [0.5, 0.6) is 11.5 Å². The Balaban J connectivity index is 1.92. The molecule has 0 spiro atoms. The predicted octanol–water partition coefficient (Wildman–Crippen LogP) is 3.21. The molecule has 0 fully saturated rings. The summed E-state index contributed by atoms with van der Waals surface area (Å²) in [5, 5.41) is 0.703. The van der Waals surface area contributed by atoms with Gasteiger partial charge in [0.1, 0.15) is 5.58 Å². The molecule has 1 aromatic heterocycles. The molecule has 0 bridgehead atoms. The van der Waals surface area contributed by atoms with Crippen LogP contribution in [0.15, 0.2) is 57.7 Å². The smallest absolute Gasteiger partial charge is 0.336 e. The summed E-state index contributed by atoms with van der Waals surface area (Å²) in [5.74, 6) is 0.866. The minimum Gasteiger partial charge on any atom is -0.493 e. The molecule has 28 heavy (non-hydrogen) atoms. The summed E-state index contributed by atoms with van der Waals surface area (Å²) in [4.78, 5) is 12.0. The summed E-state index contributed by atoms with van der Waals surface area (Å²) >= 11 is 0. The lowest BCUT2D eigenvalue weighted by atomic mass is 10.0. The average molecular weight is 404 g/mol. The van der Waals surface area contributed by atoms with Gasteiger partial charge in [-0.3, -0.25) is 4.18 Å². The predicted molar refractivity (Wildman–Crippen MR) is 105 cm³/mol. The van der Waals surface area contributed by atoms with Crippen LogP contribution in [0.4, 0.5) is 0 Å². The molecule has 0 unspecified atom stereocenters. The molecule has 2 aromatic carbocycles. The van der Waals surface area contributed by atoms with Crippen LogP contribution >= 0.6 is 0 Å². The topological polar surface area (TPSA) is 92.0 Å². The van der Waals surface area contributed by atoms with Gasteiger partial charge in [0.2, 0.25) is 0 Å². The second-order valence-electron chi connectivity index (χ2n) is 6.07. The maximum Gasteiger partial charge on any atom is 0.336 e. The molecule has 0 saturated heterocycles. The molecule has 8 heteroatoms. The summed E-state index contributed by atoms with van der Waals surface area (Å²) in [5.41, 5.74) is 1.52. The fourth-order valence-electron chi connectivity index (χ4n) is 2.75. The van der Waals surface area contributed by atoms with Crippen LogP contribution in [-0.4, -0.2) is 35.0 Å². The van der Waals surface area contributed by atoms with Gasteiger partial charge in [-0.05, 0) is 17.2 Å². The quantitative estimate of drug-likeness (QED) is 0.323. The minimum atomic E-state index is -3.47. The number of hydrogen-bond donors (Lipinski definition) is 0. The van der Waals surface area contributed by atoms with Crippen LogP contribution in [0.2, 0.25) is 0 Å². The van der Waals surface area contributed by atoms with E-state index in [0.717, 1.165) is 17.4 Å². The van der Waals surface area contributed by atoms with E-state index in [4.69, 9.17) is 18.1 Å². The van der Waals surface area contributed by atoms with Gasteiger partial charge in [-0.15, -0.1) is 0 Å². The van der Waals surface area contributed by atoms with Gasteiger partial charge < -0.3 is 13.9 Å². The second-order valence-corrected chi connectivity index (χ2v) is 7.72. The Morgan fingerprint density at radius 3 is 2.43 bits per heavy atom. The Labute approximate surface area is 162 Å². The van der Waals surface area contributed by atoms with Crippen LogP contribution in [0.25, 0.3) is 22.1 Å². The monoisotopic (exact) mass is 404 g/mol. The Kier molecular flexibility index (Phi) is 6.01. The van der Waals surface area contributed by atoms with Crippen LogP contribution in [0, 0.1) is 0 Å². The zero-order valence-corrected chi connectivity index (χ0v) is 16.3.